The smallest absolute Gasteiger partial charge is 0.235 e. The van der Waals surface area contributed by atoms with E-state index in [1.54, 1.807) is 0 Å². The van der Waals surface area contributed by atoms with Crippen LogP contribution in [0.4, 0.5) is 5.69 Å². The summed E-state index contributed by atoms with van der Waals surface area (Å²) in [6, 6.07) is 13.9. The molecule has 1 heterocycles. The average molecular weight is 335 g/mol. The minimum atomic E-state index is -0.513. The number of nitrogens with one attached hydrogen (secondary N) is 2. The Balaban J connectivity index is 1.85. The van der Waals surface area contributed by atoms with Gasteiger partial charge in [-0.1, -0.05) is 35.5 Å². The number of H-pyrrole nitrogens is 1. The van der Waals surface area contributed by atoms with Crippen LogP contribution in [0.25, 0.3) is 0 Å². The molecule has 1 aromatic heterocycles. The van der Waals surface area contributed by atoms with Gasteiger partial charge in [0.05, 0.1) is 0 Å². The van der Waals surface area contributed by atoms with Crippen LogP contribution in [-0.2, 0) is 11.2 Å². The van der Waals surface area contributed by atoms with Gasteiger partial charge >= 0.3 is 0 Å². The van der Waals surface area contributed by atoms with Crippen molar-refractivity contribution in [2.24, 2.45) is 0 Å². The molecule has 6 heteroatoms. The number of hydrogen-bond acceptors (Lipinski definition) is 4. The minimum absolute atomic E-state index is 0.145. The molecule has 0 saturated heterocycles. The first-order chi connectivity index (χ1) is 12.0. The first-order valence-electron chi connectivity index (χ1n) is 8.20. The van der Waals surface area contributed by atoms with E-state index < -0.39 is 5.92 Å². The second kappa shape index (κ2) is 7.25. The Labute approximate surface area is 146 Å². The Morgan fingerprint density at radius 1 is 1.08 bits per heavy atom. The molecule has 1 amide bonds. The minimum Gasteiger partial charge on any atom is -0.325 e. The molecule has 0 aliphatic heterocycles. The molecular weight excluding hydrogens is 314 g/mol. The van der Waals surface area contributed by atoms with Crippen LogP contribution in [0, 0.1) is 20.8 Å². The first kappa shape index (κ1) is 16.8. The average Bonchev–Trinajstić information content (AvgIpc) is 3.11. The maximum atomic E-state index is 12.9. The fraction of sp³-hybridized carbons (Fsp3) is 0.263. The van der Waals surface area contributed by atoms with E-state index in [0.717, 1.165) is 22.4 Å². The number of aromatic nitrogens is 4. The maximum absolute atomic E-state index is 12.9. The van der Waals surface area contributed by atoms with Crippen molar-refractivity contribution in [2.45, 2.75) is 33.1 Å². The molecule has 2 N–H and O–H groups in total. The summed E-state index contributed by atoms with van der Waals surface area (Å²) in [5.74, 6) is -0.265. The molecule has 1 atom stereocenters. The van der Waals surface area contributed by atoms with Gasteiger partial charge in [0.1, 0.15) is 5.92 Å². The second-order valence-corrected chi connectivity index (χ2v) is 6.24. The lowest BCUT2D eigenvalue weighted by molar-refractivity contribution is -0.117. The summed E-state index contributed by atoms with van der Waals surface area (Å²) < 4.78 is 0. The van der Waals surface area contributed by atoms with Crippen molar-refractivity contribution >= 4 is 11.6 Å². The Hall–Kier alpha value is -3.02. The van der Waals surface area contributed by atoms with Crippen LogP contribution in [0.3, 0.4) is 0 Å². The summed E-state index contributed by atoms with van der Waals surface area (Å²) in [6.45, 7) is 6.10. The summed E-state index contributed by atoms with van der Waals surface area (Å²) >= 11 is 0. The molecule has 0 spiro atoms. The van der Waals surface area contributed by atoms with E-state index in [1.165, 1.54) is 5.56 Å². The van der Waals surface area contributed by atoms with Gasteiger partial charge in [0.2, 0.25) is 5.91 Å². The van der Waals surface area contributed by atoms with Crippen LogP contribution in [-0.4, -0.2) is 26.5 Å². The summed E-state index contributed by atoms with van der Waals surface area (Å²) in [5, 5.41) is 17.1. The number of carbonyl (C=O) groups is 1. The summed E-state index contributed by atoms with van der Waals surface area (Å²) in [4.78, 5) is 12.9. The van der Waals surface area contributed by atoms with Crippen LogP contribution >= 0.6 is 0 Å². The first-order valence-corrected chi connectivity index (χ1v) is 8.20. The van der Waals surface area contributed by atoms with Crippen molar-refractivity contribution in [3.8, 4) is 0 Å². The Morgan fingerprint density at radius 2 is 1.88 bits per heavy atom. The number of aromatic amines is 1. The molecule has 25 heavy (non-hydrogen) atoms. The van der Waals surface area contributed by atoms with Gasteiger partial charge in [-0.15, -0.1) is 10.2 Å². The number of rotatable bonds is 5. The lowest BCUT2D eigenvalue weighted by atomic mass is 9.94. The molecule has 0 fully saturated rings. The van der Waals surface area contributed by atoms with E-state index in [-0.39, 0.29) is 5.91 Å². The highest BCUT2D eigenvalue weighted by molar-refractivity contribution is 5.95. The van der Waals surface area contributed by atoms with Gasteiger partial charge in [-0.2, -0.15) is 5.21 Å². The molecule has 0 bridgehead atoms. The van der Waals surface area contributed by atoms with Crippen LogP contribution in [0.15, 0.2) is 42.5 Å². The molecule has 0 radical (unpaired) electrons. The van der Waals surface area contributed by atoms with Gasteiger partial charge < -0.3 is 5.32 Å². The molecule has 0 aliphatic carbocycles. The van der Waals surface area contributed by atoms with Crippen molar-refractivity contribution < 1.29 is 4.79 Å². The van der Waals surface area contributed by atoms with Crippen molar-refractivity contribution in [2.75, 3.05) is 5.32 Å². The van der Waals surface area contributed by atoms with Crippen LogP contribution < -0.4 is 5.32 Å². The zero-order valence-electron chi connectivity index (χ0n) is 14.6. The molecular formula is C19H21N5O. The largest absolute Gasteiger partial charge is 0.325 e. The van der Waals surface area contributed by atoms with E-state index >= 15 is 0 Å². The van der Waals surface area contributed by atoms with Crippen molar-refractivity contribution in [3.05, 3.63) is 70.5 Å². The number of hydrogen-bond donors (Lipinski definition) is 2. The second-order valence-electron chi connectivity index (χ2n) is 6.24. The van der Waals surface area contributed by atoms with E-state index in [1.807, 2.05) is 63.2 Å². The highest BCUT2D eigenvalue weighted by atomic mass is 16.1. The fourth-order valence-electron chi connectivity index (χ4n) is 2.73. The molecule has 3 aromatic rings. The number of nitrogens with zero attached hydrogens (tertiary/aromatic N) is 3. The third-order valence-electron chi connectivity index (χ3n) is 4.45. The maximum Gasteiger partial charge on any atom is 0.235 e. The molecule has 6 nitrogen and oxygen atoms in total. The van der Waals surface area contributed by atoms with E-state index in [2.05, 4.69) is 25.9 Å². The molecule has 3 rings (SSSR count). The fourth-order valence-corrected chi connectivity index (χ4v) is 2.73. The number of anilines is 1. The zero-order chi connectivity index (χ0) is 17.8. The molecule has 2 aromatic carbocycles. The third-order valence-corrected chi connectivity index (χ3v) is 4.45. The summed E-state index contributed by atoms with van der Waals surface area (Å²) in [6.07, 6.45) is 0.517. The standard InChI is InChI=1S/C19H21N5O/c1-12-8-9-16(10-14(12)3)20-19(25)17(18-21-23-24-22-18)11-15-7-5-4-6-13(15)2/h4-10,17H,11H2,1-3H3,(H,20,25)(H,21,22,23,24). The topological polar surface area (TPSA) is 83.6 Å². The Morgan fingerprint density at radius 3 is 2.56 bits per heavy atom. The lowest BCUT2D eigenvalue weighted by Crippen LogP contribution is -2.24. The van der Waals surface area contributed by atoms with Crippen molar-refractivity contribution in [1.82, 2.24) is 20.6 Å². The normalized spacial score (nSPS) is 12.0. The number of amides is 1. The van der Waals surface area contributed by atoms with Gasteiger partial charge in [-0.25, -0.2) is 0 Å². The predicted octanol–water partition coefficient (Wildman–Crippen LogP) is 3.09. The molecule has 0 aliphatic rings. The van der Waals surface area contributed by atoms with Crippen molar-refractivity contribution in [3.63, 3.8) is 0 Å². The van der Waals surface area contributed by atoms with Crippen LogP contribution in [0.5, 0.6) is 0 Å². The number of carbonyl (C=O) groups excluding carboxylic acids is 1. The van der Waals surface area contributed by atoms with E-state index in [9.17, 15) is 4.79 Å². The van der Waals surface area contributed by atoms with Crippen molar-refractivity contribution in [1.29, 1.82) is 0 Å². The van der Waals surface area contributed by atoms with Gasteiger partial charge in [0.25, 0.3) is 0 Å². The quantitative estimate of drug-likeness (QED) is 0.750. The van der Waals surface area contributed by atoms with E-state index in [4.69, 9.17) is 0 Å². The monoisotopic (exact) mass is 335 g/mol. The molecule has 0 saturated carbocycles. The molecule has 128 valence electrons. The number of aryl methyl sites for hydroxylation is 3. The highest BCUT2D eigenvalue weighted by Gasteiger charge is 2.26. The number of benzene rings is 2. The Kier molecular flexibility index (Phi) is 4.88. The SMILES string of the molecule is Cc1ccc(NC(=O)C(Cc2ccccc2C)c2nn[nH]n2)cc1C. The number of tetrazole rings is 1. The predicted molar refractivity (Wildman–Crippen MR) is 96.3 cm³/mol. The van der Waals surface area contributed by atoms with Gasteiger partial charge in [-0.05, 0) is 61.6 Å². The van der Waals surface area contributed by atoms with E-state index in [0.29, 0.717) is 12.2 Å². The van der Waals surface area contributed by atoms with Crippen LogP contribution in [0.1, 0.15) is 34.0 Å². The highest BCUT2D eigenvalue weighted by Crippen LogP contribution is 2.22. The third kappa shape index (κ3) is 3.91. The Bertz CT molecular complexity index is 873. The summed E-state index contributed by atoms with van der Waals surface area (Å²) in [5.41, 5.74) is 5.31. The molecule has 1 unspecified atom stereocenters. The van der Waals surface area contributed by atoms with Gasteiger partial charge in [0.15, 0.2) is 5.82 Å². The van der Waals surface area contributed by atoms with Gasteiger partial charge in [0, 0.05) is 5.69 Å². The lowest BCUT2D eigenvalue weighted by Gasteiger charge is -2.15. The van der Waals surface area contributed by atoms with Gasteiger partial charge in [-0.3, -0.25) is 4.79 Å². The summed E-state index contributed by atoms with van der Waals surface area (Å²) in [7, 11) is 0. The zero-order valence-corrected chi connectivity index (χ0v) is 14.6. The van der Waals surface area contributed by atoms with Crippen LogP contribution in [0.2, 0.25) is 0 Å².